The van der Waals surface area contributed by atoms with Crippen molar-refractivity contribution in [2.75, 3.05) is 17.1 Å². The van der Waals surface area contributed by atoms with Crippen LogP contribution in [0, 0.1) is 5.92 Å². The second-order valence-corrected chi connectivity index (χ2v) is 10.9. The van der Waals surface area contributed by atoms with Crippen molar-refractivity contribution in [3.63, 3.8) is 0 Å². The Balaban J connectivity index is 2.08. The van der Waals surface area contributed by atoms with Gasteiger partial charge in [0.2, 0.25) is 10.0 Å². The van der Waals surface area contributed by atoms with Gasteiger partial charge in [0, 0.05) is 16.6 Å². The number of nitrogens with zero attached hydrogens (tertiary/aromatic N) is 1. The van der Waals surface area contributed by atoms with E-state index in [1.807, 2.05) is 0 Å². The van der Waals surface area contributed by atoms with E-state index in [0.29, 0.717) is 33.2 Å². The number of amides is 1. The summed E-state index contributed by atoms with van der Waals surface area (Å²) >= 11 is 9.46. The molecule has 0 saturated carbocycles. The van der Waals surface area contributed by atoms with Crippen molar-refractivity contribution in [1.82, 2.24) is 5.32 Å². The van der Waals surface area contributed by atoms with Gasteiger partial charge in [-0.25, -0.2) is 8.42 Å². The van der Waals surface area contributed by atoms with Gasteiger partial charge in [0.25, 0.3) is 5.91 Å². The molecular formula is C23H30BrClN2O3S. The maximum absolute atomic E-state index is 12.5. The molecule has 5 nitrogen and oxygen atoms in total. The van der Waals surface area contributed by atoms with E-state index >= 15 is 0 Å². The highest BCUT2D eigenvalue weighted by atomic mass is 79.9. The van der Waals surface area contributed by atoms with Crippen LogP contribution in [0.4, 0.5) is 5.69 Å². The Labute approximate surface area is 199 Å². The first-order valence-corrected chi connectivity index (χ1v) is 13.5. The highest BCUT2D eigenvalue weighted by molar-refractivity contribution is 9.10. The first kappa shape index (κ1) is 25.7. The van der Waals surface area contributed by atoms with Gasteiger partial charge in [-0.2, -0.15) is 0 Å². The van der Waals surface area contributed by atoms with Crippen LogP contribution in [0.5, 0.6) is 0 Å². The third kappa shape index (κ3) is 7.81. The first-order valence-electron chi connectivity index (χ1n) is 10.5. The first-order chi connectivity index (χ1) is 14.7. The van der Waals surface area contributed by atoms with Gasteiger partial charge in [-0.3, -0.25) is 9.10 Å². The zero-order valence-electron chi connectivity index (χ0n) is 18.2. The number of nitrogens with one attached hydrogen (secondary N) is 1. The molecule has 0 aliphatic carbocycles. The largest absolute Gasteiger partial charge is 0.352 e. The molecular weight excluding hydrogens is 500 g/mol. The molecule has 0 aliphatic heterocycles. The molecule has 0 unspecified atom stereocenters. The average molecular weight is 530 g/mol. The maximum atomic E-state index is 12.5. The van der Waals surface area contributed by atoms with Crippen molar-refractivity contribution >= 4 is 49.1 Å². The molecule has 2 aromatic carbocycles. The van der Waals surface area contributed by atoms with Crippen molar-refractivity contribution in [1.29, 1.82) is 0 Å². The summed E-state index contributed by atoms with van der Waals surface area (Å²) in [7, 11) is -3.52. The molecule has 0 radical (unpaired) electrons. The van der Waals surface area contributed by atoms with Gasteiger partial charge in [-0.15, -0.1) is 0 Å². The van der Waals surface area contributed by atoms with E-state index in [1.165, 1.54) is 10.7 Å². The second-order valence-electron chi connectivity index (χ2n) is 7.69. The molecule has 0 aromatic heterocycles. The van der Waals surface area contributed by atoms with Crippen LogP contribution >= 0.6 is 27.5 Å². The molecule has 2 aromatic rings. The normalized spacial score (nSPS) is 12.4. The number of unbranched alkanes of at least 4 members (excludes halogenated alkanes) is 1. The van der Waals surface area contributed by atoms with Gasteiger partial charge in [0.05, 0.1) is 23.5 Å². The molecule has 2 rings (SSSR count). The molecule has 0 saturated heterocycles. The predicted molar refractivity (Wildman–Crippen MR) is 132 cm³/mol. The second kappa shape index (κ2) is 11.9. The van der Waals surface area contributed by atoms with Crippen molar-refractivity contribution in [2.24, 2.45) is 5.92 Å². The molecule has 8 heteroatoms. The van der Waals surface area contributed by atoms with E-state index in [0.717, 1.165) is 31.1 Å². The number of rotatable bonds is 11. The van der Waals surface area contributed by atoms with Gasteiger partial charge >= 0.3 is 0 Å². The molecule has 1 amide bonds. The number of carbonyl (C=O) groups excluding carboxylic acids is 1. The Morgan fingerprint density at radius 3 is 2.39 bits per heavy atom. The van der Waals surface area contributed by atoms with Gasteiger partial charge in [-0.1, -0.05) is 56.8 Å². The fourth-order valence-electron chi connectivity index (χ4n) is 3.25. The molecule has 0 fully saturated rings. The van der Waals surface area contributed by atoms with Gasteiger partial charge in [0.15, 0.2) is 0 Å². The smallest absolute Gasteiger partial charge is 0.251 e. The third-order valence-electron chi connectivity index (χ3n) is 5.23. The Hall–Kier alpha value is -1.57. The average Bonchev–Trinajstić information content (AvgIpc) is 2.73. The van der Waals surface area contributed by atoms with Crippen molar-refractivity contribution in [3.8, 4) is 0 Å². The number of hydrogen-bond acceptors (Lipinski definition) is 3. The summed E-state index contributed by atoms with van der Waals surface area (Å²) in [4.78, 5) is 12.5. The fraction of sp³-hybridized carbons (Fsp3) is 0.435. The van der Waals surface area contributed by atoms with Gasteiger partial charge < -0.3 is 5.32 Å². The summed E-state index contributed by atoms with van der Waals surface area (Å²) in [5.41, 5.74) is 1.82. The molecule has 1 atom stereocenters. The lowest BCUT2D eigenvalue weighted by Gasteiger charge is -2.23. The monoisotopic (exact) mass is 528 g/mol. The number of benzene rings is 2. The Morgan fingerprint density at radius 2 is 1.84 bits per heavy atom. The number of carbonyl (C=O) groups is 1. The van der Waals surface area contributed by atoms with Gasteiger partial charge in [-0.05, 0) is 64.2 Å². The number of hydrogen-bond donors (Lipinski definition) is 1. The minimum absolute atomic E-state index is 0.110. The molecule has 0 heterocycles. The van der Waals surface area contributed by atoms with Gasteiger partial charge in [0.1, 0.15) is 0 Å². The Kier molecular flexibility index (Phi) is 9.85. The predicted octanol–water partition coefficient (Wildman–Crippen LogP) is 6.01. The zero-order valence-corrected chi connectivity index (χ0v) is 21.4. The number of halogens is 2. The summed E-state index contributed by atoms with van der Waals surface area (Å²) in [5, 5.41) is 3.45. The van der Waals surface area contributed by atoms with Crippen LogP contribution in [-0.4, -0.2) is 27.1 Å². The maximum Gasteiger partial charge on any atom is 0.251 e. The van der Waals surface area contributed by atoms with E-state index in [2.05, 4.69) is 35.1 Å². The minimum Gasteiger partial charge on any atom is -0.352 e. The zero-order chi connectivity index (χ0) is 23.0. The third-order valence-corrected chi connectivity index (χ3v) is 7.60. The van der Waals surface area contributed by atoms with Crippen molar-refractivity contribution in [2.45, 2.75) is 46.1 Å². The molecule has 170 valence electrons. The van der Waals surface area contributed by atoms with Crippen LogP contribution < -0.4 is 9.62 Å². The fourth-order valence-corrected chi connectivity index (χ4v) is 4.55. The van der Waals surface area contributed by atoms with Crippen LogP contribution in [0.2, 0.25) is 5.02 Å². The lowest BCUT2D eigenvalue weighted by atomic mass is 9.99. The quantitative estimate of drug-likeness (QED) is 0.387. The standard InChI is InChI=1S/C23H30BrClN2O3S/c1-4-6-7-17(5-2)15-26-23(28)19-10-8-18(9-11-19)16-27(31(3,29)30)20-12-13-21(24)22(25)14-20/h8-14,17H,4-7,15-16H2,1-3H3,(H,26,28)/t17-/m0/s1. The van der Waals surface area contributed by atoms with Crippen molar-refractivity contribution in [3.05, 3.63) is 63.1 Å². The molecule has 31 heavy (non-hydrogen) atoms. The van der Waals surface area contributed by atoms with E-state index in [9.17, 15) is 13.2 Å². The molecule has 0 spiro atoms. The lowest BCUT2D eigenvalue weighted by molar-refractivity contribution is 0.0946. The van der Waals surface area contributed by atoms with E-state index in [4.69, 9.17) is 11.6 Å². The summed E-state index contributed by atoms with van der Waals surface area (Å²) in [5.74, 6) is 0.380. The Morgan fingerprint density at radius 1 is 1.16 bits per heavy atom. The van der Waals surface area contributed by atoms with Crippen LogP contribution in [0.3, 0.4) is 0 Å². The molecule has 1 N–H and O–H groups in total. The van der Waals surface area contributed by atoms with Crippen LogP contribution in [0.25, 0.3) is 0 Å². The SMILES string of the molecule is CCCC[C@H](CC)CNC(=O)c1ccc(CN(c2ccc(Br)c(Cl)c2)S(C)(=O)=O)cc1. The topological polar surface area (TPSA) is 66.5 Å². The van der Waals surface area contributed by atoms with E-state index in [1.54, 1.807) is 42.5 Å². The summed E-state index contributed by atoms with van der Waals surface area (Å²) in [6.07, 6.45) is 5.65. The van der Waals surface area contributed by atoms with Crippen LogP contribution in [0.15, 0.2) is 46.9 Å². The number of anilines is 1. The molecule has 0 aliphatic rings. The van der Waals surface area contributed by atoms with E-state index < -0.39 is 10.0 Å². The molecule has 0 bridgehead atoms. The number of sulfonamides is 1. The summed E-state index contributed by atoms with van der Waals surface area (Å²) in [6.45, 7) is 5.13. The van der Waals surface area contributed by atoms with E-state index in [-0.39, 0.29) is 12.5 Å². The highest BCUT2D eigenvalue weighted by Gasteiger charge is 2.19. The van der Waals surface area contributed by atoms with Crippen LogP contribution in [0.1, 0.15) is 55.5 Å². The highest BCUT2D eigenvalue weighted by Crippen LogP contribution is 2.29. The van der Waals surface area contributed by atoms with Crippen LogP contribution in [-0.2, 0) is 16.6 Å². The minimum atomic E-state index is -3.52. The van der Waals surface area contributed by atoms with Crippen molar-refractivity contribution < 1.29 is 13.2 Å². The summed E-state index contributed by atoms with van der Waals surface area (Å²) < 4.78 is 26.7. The lowest BCUT2D eigenvalue weighted by Crippen LogP contribution is -2.30. The Bertz CT molecular complexity index is 981. The summed E-state index contributed by atoms with van der Waals surface area (Å²) in [6, 6.07) is 12.0.